The van der Waals surface area contributed by atoms with Crippen LogP contribution < -0.4 is 24.8 Å². The third-order valence-corrected chi connectivity index (χ3v) is 3.96. The average molecular weight is 390 g/mol. The van der Waals surface area contributed by atoms with E-state index in [9.17, 15) is 14.0 Å². The van der Waals surface area contributed by atoms with Crippen molar-refractivity contribution in [3.63, 3.8) is 0 Å². The summed E-state index contributed by atoms with van der Waals surface area (Å²) in [5, 5.41) is 5.21. The standard InChI is InChI=1S/C20H23FN2O5/c1-26-16-10-18(28-3)17(27-2)9-14(16)11-22-20(25)12-23-19(24)8-13-5-4-6-15(21)7-13/h4-7,9-10H,8,11-12H2,1-3H3,(H,22,25)(H,23,24). The lowest BCUT2D eigenvalue weighted by Crippen LogP contribution is -2.37. The van der Waals surface area contributed by atoms with Gasteiger partial charge < -0.3 is 24.8 Å². The second kappa shape index (κ2) is 10.1. The molecule has 0 aliphatic heterocycles. The van der Waals surface area contributed by atoms with Gasteiger partial charge in [-0.25, -0.2) is 4.39 Å². The first-order valence-electron chi connectivity index (χ1n) is 8.53. The second-order valence-electron chi connectivity index (χ2n) is 5.88. The second-order valence-corrected chi connectivity index (χ2v) is 5.88. The fraction of sp³-hybridized carbons (Fsp3) is 0.300. The molecule has 2 amide bonds. The molecule has 2 aromatic rings. The molecule has 0 saturated carbocycles. The predicted octanol–water partition coefficient (Wildman–Crippen LogP) is 1.83. The van der Waals surface area contributed by atoms with Crippen LogP contribution in [0.25, 0.3) is 0 Å². The lowest BCUT2D eigenvalue weighted by molar-refractivity contribution is -0.125. The van der Waals surface area contributed by atoms with Gasteiger partial charge in [-0.3, -0.25) is 9.59 Å². The third kappa shape index (κ3) is 5.87. The van der Waals surface area contributed by atoms with E-state index in [0.717, 1.165) is 0 Å². The van der Waals surface area contributed by atoms with Crippen LogP contribution in [-0.4, -0.2) is 39.7 Å². The van der Waals surface area contributed by atoms with Crippen LogP contribution in [0, 0.1) is 5.82 Å². The van der Waals surface area contributed by atoms with Crippen molar-refractivity contribution in [2.75, 3.05) is 27.9 Å². The maximum atomic E-state index is 13.1. The number of carbonyl (C=O) groups is 2. The van der Waals surface area contributed by atoms with Crippen molar-refractivity contribution in [1.29, 1.82) is 0 Å². The van der Waals surface area contributed by atoms with Crippen molar-refractivity contribution in [3.05, 3.63) is 53.3 Å². The van der Waals surface area contributed by atoms with E-state index in [-0.39, 0.29) is 31.3 Å². The summed E-state index contributed by atoms with van der Waals surface area (Å²) >= 11 is 0. The molecule has 2 N–H and O–H groups in total. The van der Waals surface area contributed by atoms with Gasteiger partial charge in [0.25, 0.3) is 0 Å². The number of amides is 2. The number of hydrogen-bond donors (Lipinski definition) is 2. The van der Waals surface area contributed by atoms with E-state index in [1.54, 1.807) is 18.2 Å². The Morgan fingerprint density at radius 1 is 0.893 bits per heavy atom. The largest absolute Gasteiger partial charge is 0.496 e. The summed E-state index contributed by atoms with van der Waals surface area (Å²) in [6, 6.07) is 9.13. The Labute approximate surface area is 162 Å². The van der Waals surface area contributed by atoms with Crippen molar-refractivity contribution in [2.45, 2.75) is 13.0 Å². The first-order chi connectivity index (χ1) is 13.5. The number of carbonyl (C=O) groups excluding carboxylic acids is 2. The van der Waals surface area contributed by atoms with Crippen molar-refractivity contribution >= 4 is 11.8 Å². The smallest absolute Gasteiger partial charge is 0.239 e. The normalized spacial score (nSPS) is 10.1. The van der Waals surface area contributed by atoms with Gasteiger partial charge in [0.15, 0.2) is 11.5 Å². The number of benzene rings is 2. The Morgan fingerprint density at radius 2 is 1.57 bits per heavy atom. The van der Waals surface area contributed by atoms with Crippen LogP contribution in [-0.2, 0) is 22.6 Å². The number of rotatable bonds is 9. The van der Waals surface area contributed by atoms with Crippen LogP contribution >= 0.6 is 0 Å². The molecule has 7 nitrogen and oxygen atoms in total. The summed E-state index contributed by atoms with van der Waals surface area (Å²) in [5.74, 6) is 0.406. The molecule has 0 fully saturated rings. The van der Waals surface area contributed by atoms with E-state index in [0.29, 0.717) is 28.4 Å². The lowest BCUT2D eigenvalue weighted by atomic mass is 10.1. The minimum atomic E-state index is -0.410. The highest BCUT2D eigenvalue weighted by Gasteiger charge is 2.13. The fourth-order valence-electron chi connectivity index (χ4n) is 2.56. The topological polar surface area (TPSA) is 85.9 Å². The number of halogens is 1. The highest BCUT2D eigenvalue weighted by atomic mass is 19.1. The molecule has 0 bridgehead atoms. The van der Waals surface area contributed by atoms with Crippen LogP contribution in [0.2, 0.25) is 0 Å². The van der Waals surface area contributed by atoms with Crippen molar-refractivity contribution in [1.82, 2.24) is 10.6 Å². The molecule has 0 aromatic heterocycles. The summed E-state index contributed by atoms with van der Waals surface area (Å²) in [5.41, 5.74) is 1.23. The summed E-state index contributed by atoms with van der Waals surface area (Å²) in [6.45, 7) is -0.00805. The van der Waals surface area contributed by atoms with Gasteiger partial charge in [0.05, 0.1) is 34.3 Å². The van der Waals surface area contributed by atoms with Crippen molar-refractivity contribution in [3.8, 4) is 17.2 Å². The molecular weight excluding hydrogens is 367 g/mol. The zero-order valence-corrected chi connectivity index (χ0v) is 16.0. The van der Waals surface area contributed by atoms with Gasteiger partial charge in [0, 0.05) is 18.2 Å². The molecule has 0 spiro atoms. The zero-order chi connectivity index (χ0) is 20.5. The molecule has 2 rings (SSSR count). The van der Waals surface area contributed by atoms with E-state index in [1.165, 1.54) is 39.5 Å². The first-order valence-corrected chi connectivity index (χ1v) is 8.53. The fourth-order valence-corrected chi connectivity index (χ4v) is 2.56. The molecule has 0 aliphatic carbocycles. The molecular formula is C20H23FN2O5. The third-order valence-electron chi connectivity index (χ3n) is 3.96. The lowest BCUT2D eigenvalue weighted by Gasteiger charge is -2.14. The average Bonchev–Trinajstić information content (AvgIpc) is 2.69. The molecule has 0 heterocycles. The maximum absolute atomic E-state index is 13.1. The SMILES string of the molecule is COc1cc(OC)c(OC)cc1CNC(=O)CNC(=O)Cc1cccc(F)c1. The Bertz CT molecular complexity index is 841. The molecule has 8 heteroatoms. The van der Waals surface area contributed by atoms with Gasteiger partial charge >= 0.3 is 0 Å². The minimum absolute atomic E-state index is 0.00542. The quantitative estimate of drug-likeness (QED) is 0.682. The van der Waals surface area contributed by atoms with Gasteiger partial charge in [0.2, 0.25) is 11.8 Å². The van der Waals surface area contributed by atoms with E-state index in [4.69, 9.17) is 14.2 Å². The number of ether oxygens (including phenoxy) is 3. The number of hydrogen-bond acceptors (Lipinski definition) is 5. The summed E-state index contributed by atoms with van der Waals surface area (Å²) in [6.07, 6.45) is -0.00542. The van der Waals surface area contributed by atoms with Crippen LogP contribution in [0.15, 0.2) is 36.4 Å². The monoisotopic (exact) mass is 390 g/mol. The molecule has 2 aromatic carbocycles. The zero-order valence-electron chi connectivity index (χ0n) is 16.0. The van der Waals surface area contributed by atoms with Crippen LogP contribution in [0.4, 0.5) is 4.39 Å². The molecule has 0 saturated heterocycles. The molecule has 28 heavy (non-hydrogen) atoms. The number of methoxy groups -OCH3 is 3. The van der Waals surface area contributed by atoms with Gasteiger partial charge in [-0.2, -0.15) is 0 Å². The Hall–Kier alpha value is -3.29. The Morgan fingerprint density at radius 3 is 2.21 bits per heavy atom. The van der Waals surface area contributed by atoms with E-state index in [2.05, 4.69) is 10.6 Å². The maximum Gasteiger partial charge on any atom is 0.239 e. The molecule has 0 unspecified atom stereocenters. The van der Waals surface area contributed by atoms with Gasteiger partial charge in [-0.15, -0.1) is 0 Å². The van der Waals surface area contributed by atoms with Crippen LogP contribution in [0.5, 0.6) is 17.2 Å². The van der Waals surface area contributed by atoms with Gasteiger partial charge in [-0.05, 0) is 23.8 Å². The van der Waals surface area contributed by atoms with E-state index in [1.807, 2.05) is 0 Å². The first kappa shape index (κ1) is 21.0. The highest BCUT2D eigenvalue weighted by Crippen LogP contribution is 2.34. The van der Waals surface area contributed by atoms with E-state index < -0.39 is 5.82 Å². The molecule has 0 aliphatic rings. The summed E-state index contributed by atoms with van der Waals surface area (Å²) in [7, 11) is 4.55. The van der Waals surface area contributed by atoms with Crippen molar-refractivity contribution < 1.29 is 28.2 Å². The van der Waals surface area contributed by atoms with Gasteiger partial charge in [0.1, 0.15) is 11.6 Å². The number of nitrogens with one attached hydrogen (secondary N) is 2. The van der Waals surface area contributed by atoms with Crippen molar-refractivity contribution in [2.24, 2.45) is 0 Å². The Balaban J connectivity index is 1.87. The molecule has 0 atom stereocenters. The highest BCUT2D eigenvalue weighted by molar-refractivity contribution is 5.85. The van der Waals surface area contributed by atoms with Crippen LogP contribution in [0.1, 0.15) is 11.1 Å². The van der Waals surface area contributed by atoms with Crippen LogP contribution in [0.3, 0.4) is 0 Å². The summed E-state index contributed by atoms with van der Waals surface area (Å²) in [4.78, 5) is 23.9. The predicted molar refractivity (Wildman–Crippen MR) is 101 cm³/mol. The van der Waals surface area contributed by atoms with E-state index >= 15 is 0 Å². The minimum Gasteiger partial charge on any atom is -0.496 e. The molecule has 150 valence electrons. The summed E-state index contributed by atoms with van der Waals surface area (Å²) < 4.78 is 28.9. The molecule has 0 radical (unpaired) electrons. The van der Waals surface area contributed by atoms with Gasteiger partial charge in [-0.1, -0.05) is 12.1 Å². The Kier molecular flexibility index (Phi) is 7.62.